The number of hydrogen-bond acceptors (Lipinski definition) is 2. The zero-order valence-electron chi connectivity index (χ0n) is 10.7. The van der Waals surface area contributed by atoms with Gasteiger partial charge in [0.15, 0.2) is 0 Å². The fourth-order valence-electron chi connectivity index (χ4n) is 3.79. The minimum Gasteiger partial charge on any atom is -0.317 e. The predicted molar refractivity (Wildman–Crippen MR) is 71.2 cm³/mol. The molecule has 0 saturated carbocycles. The van der Waals surface area contributed by atoms with Crippen LogP contribution in [0.3, 0.4) is 0 Å². The van der Waals surface area contributed by atoms with E-state index in [-0.39, 0.29) is 0 Å². The van der Waals surface area contributed by atoms with E-state index in [1.807, 2.05) is 0 Å². The summed E-state index contributed by atoms with van der Waals surface area (Å²) >= 11 is 0. The number of likely N-dealkylation sites (tertiary alicyclic amines) is 1. The Bertz CT molecular complexity index is 368. The second-order valence-corrected chi connectivity index (χ2v) is 5.77. The topological polar surface area (TPSA) is 15.3 Å². The summed E-state index contributed by atoms with van der Waals surface area (Å²) in [5.74, 6) is 0.732. The molecule has 0 aromatic heterocycles. The van der Waals surface area contributed by atoms with Crippen molar-refractivity contribution in [1.29, 1.82) is 0 Å². The molecule has 2 heterocycles. The van der Waals surface area contributed by atoms with Crippen LogP contribution in [-0.2, 0) is 0 Å². The lowest BCUT2D eigenvalue weighted by molar-refractivity contribution is 0.187. The van der Waals surface area contributed by atoms with Crippen molar-refractivity contribution in [2.45, 2.75) is 18.8 Å². The van der Waals surface area contributed by atoms with Gasteiger partial charge in [-0.1, -0.05) is 30.3 Å². The van der Waals surface area contributed by atoms with Crippen LogP contribution in [0.15, 0.2) is 30.3 Å². The van der Waals surface area contributed by atoms with Gasteiger partial charge in [-0.3, -0.25) is 0 Å². The summed E-state index contributed by atoms with van der Waals surface area (Å²) < 4.78 is 0. The summed E-state index contributed by atoms with van der Waals surface area (Å²) in [5.41, 5.74) is 2.07. The van der Waals surface area contributed by atoms with Crippen molar-refractivity contribution in [2.75, 3.05) is 33.2 Å². The summed E-state index contributed by atoms with van der Waals surface area (Å²) in [6.45, 7) is 4.88. The zero-order valence-corrected chi connectivity index (χ0v) is 10.7. The first kappa shape index (κ1) is 11.2. The van der Waals surface area contributed by atoms with Gasteiger partial charge in [0.25, 0.3) is 0 Å². The highest BCUT2D eigenvalue weighted by Gasteiger charge is 2.46. The van der Waals surface area contributed by atoms with Crippen LogP contribution >= 0.6 is 0 Å². The second kappa shape index (κ2) is 4.43. The second-order valence-electron chi connectivity index (χ2n) is 5.77. The Balaban J connectivity index is 1.91. The molecule has 1 spiro atoms. The van der Waals surface area contributed by atoms with Gasteiger partial charge in [0.2, 0.25) is 0 Å². The van der Waals surface area contributed by atoms with E-state index in [0.717, 1.165) is 5.92 Å². The van der Waals surface area contributed by atoms with Gasteiger partial charge in [0, 0.05) is 19.0 Å². The molecular weight excluding hydrogens is 208 g/mol. The lowest BCUT2D eigenvalue weighted by Gasteiger charge is -2.39. The third-order valence-corrected chi connectivity index (χ3v) is 4.62. The quantitative estimate of drug-likeness (QED) is 0.794. The molecule has 1 atom stereocenters. The van der Waals surface area contributed by atoms with Gasteiger partial charge in [-0.25, -0.2) is 0 Å². The molecule has 2 saturated heterocycles. The summed E-state index contributed by atoms with van der Waals surface area (Å²) in [6.07, 6.45) is 2.66. The van der Waals surface area contributed by atoms with Gasteiger partial charge in [-0.15, -0.1) is 0 Å². The first-order valence-electron chi connectivity index (χ1n) is 6.74. The average molecular weight is 230 g/mol. The highest BCUT2D eigenvalue weighted by molar-refractivity contribution is 5.25. The van der Waals surface area contributed by atoms with Gasteiger partial charge in [-0.2, -0.15) is 0 Å². The minimum atomic E-state index is 0.529. The van der Waals surface area contributed by atoms with Crippen LogP contribution in [0.4, 0.5) is 0 Å². The Kier molecular flexibility index (Phi) is 2.93. The third kappa shape index (κ3) is 2.00. The summed E-state index contributed by atoms with van der Waals surface area (Å²) in [6, 6.07) is 11.1. The molecule has 92 valence electrons. The van der Waals surface area contributed by atoms with Crippen molar-refractivity contribution >= 4 is 0 Å². The van der Waals surface area contributed by atoms with Crippen molar-refractivity contribution in [2.24, 2.45) is 5.41 Å². The van der Waals surface area contributed by atoms with E-state index in [1.54, 1.807) is 5.56 Å². The number of nitrogens with zero attached hydrogens (tertiary/aromatic N) is 1. The smallest absolute Gasteiger partial charge is 0.00533 e. The molecule has 17 heavy (non-hydrogen) atoms. The highest BCUT2D eigenvalue weighted by Crippen LogP contribution is 2.48. The minimum absolute atomic E-state index is 0.529. The van der Waals surface area contributed by atoms with Crippen LogP contribution in [0.2, 0.25) is 0 Å². The fourth-order valence-corrected chi connectivity index (χ4v) is 3.79. The Hall–Kier alpha value is -0.860. The number of nitrogens with one attached hydrogen (secondary N) is 1. The van der Waals surface area contributed by atoms with Crippen molar-refractivity contribution in [3.63, 3.8) is 0 Å². The maximum Gasteiger partial charge on any atom is 0.00533 e. The van der Waals surface area contributed by atoms with E-state index in [4.69, 9.17) is 0 Å². The monoisotopic (exact) mass is 230 g/mol. The normalized spacial score (nSPS) is 28.6. The Morgan fingerprint density at radius 2 is 1.88 bits per heavy atom. The molecule has 2 aliphatic heterocycles. The first-order valence-corrected chi connectivity index (χ1v) is 6.74. The Morgan fingerprint density at radius 3 is 2.59 bits per heavy atom. The molecule has 2 heteroatoms. The summed E-state index contributed by atoms with van der Waals surface area (Å²) in [7, 11) is 2.27. The molecule has 3 rings (SSSR count). The van der Waals surface area contributed by atoms with Crippen molar-refractivity contribution in [3.05, 3.63) is 35.9 Å². The molecule has 0 bridgehead atoms. The van der Waals surface area contributed by atoms with Gasteiger partial charge < -0.3 is 10.2 Å². The number of piperidine rings is 1. The molecule has 1 aromatic carbocycles. The molecule has 2 nitrogen and oxygen atoms in total. The lowest BCUT2D eigenvalue weighted by Crippen LogP contribution is -2.41. The first-order chi connectivity index (χ1) is 8.30. The Labute approximate surface area is 104 Å². The van der Waals surface area contributed by atoms with Crippen LogP contribution in [0.1, 0.15) is 24.3 Å². The number of hydrogen-bond donors (Lipinski definition) is 1. The molecule has 0 amide bonds. The van der Waals surface area contributed by atoms with E-state index < -0.39 is 0 Å². The number of likely N-dealkylation sites (N-methyl/N-ethyl adjacent to an activating group) is 1. The van der Waals surface area contributed by atoms with Gasteiger partial charge in [-0.05, 0) is 44.0 Å². The fraction of sp³-hybridized carbons (Fsp3) is 0.600. The number of benzene rings is 1. The molecule has 1 N–H and O–H groups in total. The molecule has 1 aromatic rings. The highest BCUT2D eigenvalue weighted by atomic mass is 15.1. The lowest BCUT2D eigenvalue weighted by atomic mass is 9.69. The predicted octanol–water partition coefficient (Wildman–Crippen LogP) is 2.09. The SMILES string of the molecule is CN1C[C@H](c2ccccc2)C2(CCNCC2)C1. The van der Waals surface area contributed by atoms with Crippen LogP contribution in [0.25, 0.3) is 0 Å². The van der Waals surface area contributed by atoms with Crippen LogP contribution in [-0.4, -0.2) is 38.1 Å². The van der Waals surface area contributed by atoms with Crippen molar-refractivity contribution < 1.29 is 0 Å². The molecule has 2 aliphatic rings. The van der Waals surface area contributed by atoms with E-state index in [1.165, 1.54) is 39.0 Å². The Morgan fingerprint density at radius 1 is 1.18 bits per heavy atom. The zero-order chi connectivity index (χ0) is 11.7. The van der Waals surface area contributed by atoms with Crippen LogP contribution in [0, 0.1) is 5.41 Å². The average Bonchev–Trinajstić information content (AvgIpc) is 2.68. The van der Waals surface area contributed by atoms with E-state index >= 15 is 0 Å². The van der Waals surface area contributed by atoms with E-state index in [2.05, 4.69) is 47.6 Å². The van der Waals surface area contributed by atoms with Gasteiger partial charge in [0.05, 0.1) is 0 Å². The standard InChI is InChI=1S/C15H22N2/c1-17-11-14(13-5-3-2-4-6-13)15(12-17)7-9-16-10-8-15/h2-6,14,16H,7-12H2,1H3/t14-/m1/s1. The van der Waals surface area contributed by atoms with Crippen LogP contribution in [0.5, 0.6) is 0 Å². The maximum absolute atomic E-state index is 3.50. The summed E-state index contributed by atoms with van der Waals surface area (Å²) in [5, 5.41) is 3.50. The van der Waals surface area contributed by atoms with Gasteiger partial charge in [0.1, 0.15) is 0 Å². The van der Waals surface area contributed by atoms with Crippen LogP contribution < -0.4 is 5.32 Å². The molecule has 0 aliphatic carbocycles. The number of rotatable bonds is 1. The maximum atomic E-state index is 3.50. The van der Waals surface area contributed by atoms with E-state index in [0.29, 0.717) is 5.41 Å². The van der Waals surface area contributed by atoms with Crippen molar-refractivity contribution in [3.8, 4) is 0 Å². The van der Waals surface area contributed by atoms with Crippen molar-refractivity contribution in [1.82, 2.24) is 10.2 Å². The molecule has 0 unspecified atom stereocenters. The van der Waals surface area contributed by atoms with E-state index in [9.17, 15) is 0 Å². The van der Waals surface area contributed by atoms with Gasteiger partial charge >= 0.3 is 0 Å². The third-order valence-electron chi connectivity index (χ3n) is 4.62. The molecular formula is C15H22N2. The largest absolute Gasteiger partial charge is 0.317 e. The summed E-state index contributed by atoms with van der Waals surface area (Å²) in [4.78, 5) is 2.52. The molecule has 0 radical (unpaired) electrons. The molecule has 2 fully saturated rings.